The molecule has 0 aliphatic carbocycles. The molecule has 0 saturated heterocycles. The Labute approximate surface area is 178 Å². The lowest BCUT2D eigenvalue weighted by Crippen LogP contribution is -1.98. The van der Waals surface area contributed by atoms with Gasteiger partial charge in [-0.2, -0.15) is 0 Å². The van der Waals surface area contributed by atoms with E-state index < -0.39 is 11.6 Å². The minimum Gasteiger partial charge on any atom is -0.206 e. The highest BCUT2D eigenvalue weighted by Crippen LogP contribution is 2.22. The fourth-order valence-corrected chi connectivity index (χ4v) is 3.55. The molecule has 0 unspecified atom stereocenters. The third-order valence-electron chi connectivity index (χ3n) is 5.31. The summed E-state index contributed by atoms with van der Waals surface area (Å²) in [5.74, 6) is -0.604. The molecular formula is C28H28F2. The molecule has 0 amide bonds. The first-order valence-corrected chi connectivity index (χ1v) is 10.5. The van der Waals surface area contributed by atoms with Crippen molar-refractivity contribution in [1.82, 2.24) is 0 Å². The van der Waals surface area contributed by atoms with Crippen LogP contribution in [-0.4, -0.2) is 0 Å². The molecule has 0 nitrogen and oxygen atoms in total. The summed E-state index contributed by atoms with van der Waals surface area (Å²) in [4.78, 5) is 0. The Morgan fingerprint density at radius 1 is 0.833 bits per heavy atom. The molecule has 3 aromatic rings. The van der Waals surface area contributed by atoms with E-state index in [9.17, 15) is 8.78 Å². The molecule has 0 fully saturated rings. The van der Waals surface area contributed by atoms with Crippen molar-refractivity contribution in [1.29, 1.82) is 0 Å². The Hall–Kier alpha value is -3.00. The number of hydrogen-bond acceptors (Lipinski definition) is 0. The van der Waals surface area contributed by atoms with Crippen LogP contribution in [0.15, 0.2) is 78.9 Å². The number of aryl methyl sites for hydroxylation is 1. The van der Waals surface area contributed by atoms with Crippen molar-refractivity contribution >= 4 is 12.2 Å². The van der Waals surface area contributed by atoms with Crippen LogP contribution in [0.5, 0.6) is 0 Å². The van der Waals surface area contributed by atoms with Crippen LogP contribution in [0.1, 0.15) is 54.0 Å². The van der Waals surface area contributed by atoms with E-state index >= 15 is 0 Å². The fourth-order valence-electron chi connectivity index (χ4n) is 3.55. The maximum Gasteiger partial charge on any atom is 0.133 e. The monoisotopic (exact) mass is 402 g/mol. The third kappa shape index (κ3) is 6.00. The maximum atomic E-state index is 14.4. The number of benzene rings is 3. The van der Waals surface area contributed by atoms with Crippen molar-refractivity contribution in [2.24, 2.45) is 0 Å². The van der Waals surface area contributed by atoms with E-state index in [2.05, 4.69) is 43.3 Å². The SMILES string of the molecule is CC=CCCc1cc(F)c(C=Cc2ccc(C[C@H](C)c3ccccc3)cc2)c(F)c1. The molecule has 0 spiro atoms. The molecule has 0 aliphatic heterocycles. The van der Waals surface area contributed by atoms with E-state index in [0.717, 1.165) is 18.4 Å². The van der Waals surface area contributed by atoms with Gasteiger partial charge in [0.05, 0.1) is 0 Å². The van der Waals surface area contributed by atoms with Crippen molar-refractivity contribution in [3.63, 3.8) is 0 Å². The second-order valence-corrected chi connectivity index (χ2v) is 7.67. The summed E-state index contributed by atoms with van der Waals surface area (Å²) >= 11 is 0. The van der Waals surface area contributed by atoms with Crippen molar-refractivity contribution in [3.05, 3.63) is 118 Å². The summed E-state index contributed by atoms with van der Waals surface area (Å²) in [6.07, 6.45) is 9.56. The number of rotatable bonds is 8. The molecule has 0 radical (unpaired) electrons. The highest BCUT2D eigenvalue weighted by molar-refractivity contribution is 5.70. The first kappa shape index (κ1) is 21.7. The van der Waals surface area contributed by atoms with Crippen LogP contribution < -0.4 is 0 Å². The lowest BCUT2D eigenvalue weighted by atomic mass is 9.93. The van der Waals surface area contributed by atoms with Crippen LogP contribution in [0, 0.1) is 11.6 Å². The number of allylic oxidation sites excluding steroid dienone is 2. The van der Waals surface area contributed by atoms with Gasteiger partial charge in [0, 0.05) is 5.56 Å². The molecule has 0 N–H and O–H groups in total. The van der Waals surface area contributed by atoms with Crippen molar-refractivity contribution in [2.45, 2.75) is 39.0 Å². The van der Waals surface area contributed by atoms with Gasteiger partial charge < -0.3 is 0 Å². The molecule has 0 saturated carbocycles. The van der Waals surface area contributed by atoms with Gasteiger partial charge >= 0.3 is 0 Å². The van der Waals surface area contributed by atoms with Crippen LogP contribution in [0.25, 0.3) is 12.2 Å². The van der Waals surface area contributed by atoms with Crippen molar-refractivity contribution < 1.29 is 8.78 Å². The van der Waals surface area contributed by atoms with Crippen LogP contribution in [0.3, 0.4) is 0 Å². The van der Waals surface area contributed by atoms with E-state index in [1.54, 1.807) is 6.08 Å². The van der Waals surface area contributed by atoms with Gasteiger partial charge in [-0.1, -0.05) is 79.7 Å². The summed E-state index contributed by atoms with van der Waals surface area (Å²) in [5, 5.41) is 0. The average Bonchev–Trinajstić information content (AvgIpc) is 2.75. The van der Waals surface area contributed by atoms with Crippen LogP contribution >= 0.6 is 0 Å². The van der Waals surface area contributed by atoms with Crippen molar-refractivity contribution in [3.8, 4) is 0 Å². The zero-order chi connectivity index (χ0) is 21.3. The number of hydrogen-bond donors (Lipinski definition) is 0. The normalized spacial score (nSPS) is 12.7. The summed E-state index contributed by atoms with van der Waals surface area (Å²) in [6, 6.07) is 21.5. The van der Waals surface area contributed by atoms with Crippen LogP contribution in [0.2, 0.25) is 0 Å². The first-order chi connectivity index (χ1) is 14.6. The van der Waals surface area contributed by atoms with Gasteiger partial charge in [-0.3, -0.25) is 0 Å². The Morgan fingerprint density at radius 3 is 2.13 bits per heavy atom. The van der Waals surface area contributed by atoms with Gasteiger partial charge in [0.2, 0.25) is 0 Å². The fraction of sp³-hybridized carbons (Fsp3) is 0.214. The minimum absolute atomic E-state index is 0.00607. The van der Waals surface area contributed by atoms with Crippen molar-refractivity contribution in [2.75, 3.05) is 0 Å². The Kier molecular flexibility index (Phi) is 7.73. The molecule has 3 rings (SSSR count). The third-order valence-corrected chi connectivity index (χ3v) is 5.31. The van der Waals surface area contributed by atoms with Crippen LogP contribution in [-0.2, 0) is 12.8 Å². The maximum absolute atomic E-state index is 14.4. The van der Waals surface area contributed by atoms with Crippen LogP contribution in [0.4, 0.5) is 8.78 Å². The summed E-state index contributed by atoms with van der Waals surface area (Å²) in [6.45, 7) is 4.16. The second kappa shape index (κ2) is 10.7. The molecule has 3 aromatic carbocycles. The van der Waals surface area contributed by atoms with E-state index in [1.807, 2.05) is 37.3 Å². The zero-order valence-corrected chi connectivity index (χ0v) is 17.6. The van der Waals surface area contributed by atoms with E-state index in [4.69, 9.17) is 0 Å². The first-order valence-electron chi connectivity index (χ1n) is 10.5. The lowest BCUT2D eigenvalue weighted by molar-refractivity contribution is 0.575. The van der Waals surface area contributed by atoms with Gasteiger partial charge in [-0.05, 0) is 72.6 Å². The molecule has 0 aliphatic rings. The summed E-state index contributed by atoms with van der Waals surface area (Å²) < 4.78 is 28.8. The van der Waals surface area contributed by atoms with E-state index in [-0.39, 0.29) is 5.56 Å². The quantitative estimate of drug-likeness (QED) is 0.264. The Bertz CT molecular complexity index is 976. The molecule has 154 valence electrons. The molecular weight excluding hydrogens is 374 g/mol. The molecule has 0 bridgehead atoms. The highest BCUT2D eigenvalue weighted by Gasteiger charge is 2.09. The smallest absolute Gasteiger partial charge is 0.133 e. The Balaban J connectivity index is 1.66. The van der Waals surface area contributed by atoms with Gasteiger partial charge in [-0.25, -0.2) is 8.78 Å². The Morgan fingerprint density at radius 2 is 1.50 bits per heavy atom. The predicted octanol–water partition coefficient (Wildman–Crippen LogP) is 7.99. The van der Waals surface area contributed by atoms with Gasteiger partial charge in [0.25, 0.3) is 0 Å². The molecule has 0 heterocycles. The molecule has 30 heavy (non-hydrogen) atoms. The average molecular weight is 403 g/mol. The van der Waals surface area contributed by atoms with Gasteiger partial charge in [-0.15, -0.1) is 0 Å². The summed E-state index contributed by atoms with van der Waals surface area (Å²) in [5.41, 5.74) is 4.17. The van der Waals surface area contributed by atoms with Gasteiger partial charge in [0.1, 0.15) is 11.6 Å². The highest BCUT2D eigenvalue weighted by atomic mass is 19.1. The topological polar surface area (TPSA) is 0 Å². The second-order valence-electron chi connectivity index (χ2n) is 7.67. The standard InChI is InChI=1S/C28H28F2/c1-3-4-6-9-24-19-27(29)26(28(30)20-24)17-16-22-12-14-23(15-13-22)18-21(2)25-10-7-5-8-11-25/h3-5,7-8,10-17,19-21H,6,9,18H2,1-2H3/t21-/m0/s1. The minimum atomic E-state index is -0.518. The largest absolute Gasteiger partial charge is 0.206 e. The van der Waals surface area contributed by atoms with E-state index in [0.29, 0.717) is 17.9 Å². The zero-order valence-electron chi connectivity index (χ0n) is 17.6. The molecule has 2 heteroatoms. The molecule has 0 aromatic heterocycles. The van der Waals surface area contributed by atoms with E-state index in [1.165, 1.54) is 29.3 Å². The lowest BCUT2D eigenvalue weighted by Gasteiger charge is -2.12. The summed E-state index contributed by atoms with van der Waals surface area (Å²) in [7, 11) is 0. The molecule has 1 atom stereocenters. The predicted molar refractivity (Wildman–Crippen MR) is 123 cm³/mol. The number of halogens is 2. The van der Waals surface area contributed by atoms with Gasteiger partial charge in [0.15, 0.2) is 0 Å².